The van der Waals surface area contributed by atoms with Crippen LogP contribution in [0.1, 0.15) is 54.9 Å². The molecule has 0 spiro atoms. The minimum absolute atomic E-state index is 0.0540. The maximum atomic E-state index is 12.6. The Hall–Kier alpha value is -2.57. The smallest absolute Gasteiger partial charge is 0.317 e. The fraction of sp³-hybridized carbons (Fsp3) is 0.550. The summed E-state index contributed by atoms with van der Waals surface area (Å²) < 4.78 is 10.9. The van der Waals surface area contributed by atoms with Crippen LogP contribution in [0.3, 0.4) is 0 Å². The van der Waals surface area contributed by atoms with Gasteiger partial charge < -0.3 is 19.5 Å². The first-order valence-corrected chi connectivity index (χ1v) is 9.62. The molecule has 0 bridgehead atoms. The second kappa shape index (κ2) is 8.88. The highest BCUT2D eigenvalue weighted by atomic mass is 16.5. The monoisotopic (exact) mass is 372 g/mol. The van der Waals surface area contributed by atoms with E-state index in [9.17, 15) is 4.79 Å². The molecule has 146 valence electrons. The van der Waals surface area contributed by atoms with Crippen LogP contribution in [0.4, 0.5) is 4.79 Å². The van der Waals surface area contributed by atoms with Crippen molar-refractivity contribution in [1.82, 2.24) is 20.4 Å². The molecule has 0 aliphatic carbocycles. The molecule has 1 aliphatic heterocycles. The lowest BCUT2D eigenvalue weighted by Gasteiger charge is -2.31. The molecule has 1 aromatic carbocycles. The number of rotatable bonds is 6. The van der Waals surface area contributed by atoms with E-state index in [1.807, 2.05) is 30.0 Å². The number of carbonyl (C=O) groups excluding carboxylic acids is 1. The van der Waals surface area contributed by atoms with Crippen molar-refractivity contribution in [3.8, 4) is 5.75 Å². The van der Waals surface area contributed by atoms with Crippen LogP contribution < -0.4 is 10.1 Å². The van der Waals surface area contributed by atoms with Gasteiger partial charge in [-0.3, -0.25) is 0 Å². The standard InChI is InChI=1S/C20H28N4O3/c1-4-10-26-18-8-7-16(14(2)11-18)12-21-20(25)24-9-5-6-17(13-24)19-22-15(3)23-27-19/h7-8,11,17H,4-6,9-10,12-13H2,1-3H3,(H,21,25)/t17-/m1/s1. The van der Waals surface area contributed by atoms with Crippen LogP contribution in [0.2, 0.25) is 0 Å². The van der Waals surface area contributed by atoms with Crippen molar-refractivity contribution in [3.05, 3.63) is 41.0 Å². The van der Waals surface area contributed by atoms with Crippen LogP contribution in [-0.2, 0) is 6.54 Å². The van der Waals surface area contributed by atoms with Gasteiger partial charge in [-0.1, -0.05) is 18.1 Å². The van der Waals surface area contributed by atoms with Gasteiger partial charge in [-0.05, 0) is 56.4 Å². The largest absolute Gasteiger partial charge is 0.494 e. The molecular weight excluding hydrogens is 344 g/mol. The van der Waals surface area contributed by atoms with E-state index in [2.05, 4.69) is 22.4 Å². The van der Waals surface area contributed by atoms with Crippen LogP contribution in [-0.4, -0.2) is 40.8 Å². The number of hydrogen-bond acceptors (Lipinski definition) is 5. The zero-order chi connectivity index (χ0) is 19.2. The first kappa shape index (κ1) is 19.2. The summed E-state index contributed by atoms with van der Waals surface area (Å²) in [4.78, 5) is 18.7. The Kier molecular flexibility index (Phi) is 6.32. The average molecular weight is 372 g/mol. The van der Waals surface area contributed by atoms with Crippen molar-refractivity contribution in [2.45, 2.75) is 52.5 Å². The quantitative estimate of drug-likeness (QED) is 0.838. The van der Waals surface area contributed by atoms with E-state index in [0.29, 0.717) is 31.4 Å². The Labute approximate surface area is 160 Å². The van der Waals surface area contributed by atoms with Gasteiger partial charge in [-0.2, -0.15) is 4.98 Å². The third-order valence-electron chi connectivity index (χ3n) is 4.82. The van der Waals surface area contributed by atoms with Gasteiger partial charge in [0.15, 0.2) is 5.82 Å². The van der Waals surface area contributed by atoms with E-state index >= 15 is 0 Å². The number of aryl methyl sites for hydroxylation is 2. The lowest BCUT2D eigenvalue weighted by Crippen LogP contribution is -2.44. The normalized spacial score (nSPS) is 17.0. The highest BCUT2D eigenvalue weighted by molar-refractivity contribution is 5.74. The SMILES string of the molecule is CCCOc1ccc(CNC(=O)N2CCC[C@@H](c3nc(C)no3)C2)c(C)c1. The van der Waals surface area contributed by atoms with Crippen molar-refractivity contribution in [3.63, 3.8) is 0 Å². The van der Waals surface area contributed by atoms with Gasteiger partial charge in [0.2, 0.25) is 5.89 Å². The molecular formula is C20H28N4O3. The summed E-state index contributed by atoms with van der Waals surface area (Å²) in [7, 11) is 0. The molecule has 2 amide bonds. The van der Waals surface area contributed by atoms with E-state index in [0.717, 1.165) is 42.7 Å². The van der Waals surface area contributed by atoms with E-state index in [-0.39, 0.29) is 11.9 Å². The second-order valence-electron chi connectivity index (χ2n) is 7.06. The lowest BCUT2D eigenvalue weighted by atomic mass is 9.98. The molecule has 1 saturated heterocycles. The number of aromatic nitrogens is 2. The number of hydrogen-bond donors (Lipinski definition) is 1. The van der Waals surface area contributed by atoms with Crippen LogP contribution in [0.15, 0.2) is 22.7 Å². The van der Waals surface area contributed by atoms with E-state index in [4.69, 9.17) is 9.26 Å². The number of benzene rings is 1. The molecule has 1 N–H and O–H groups in total. The van der Waals surface area contributed by atoms with Gasteiger partial charge in [-0.15, -0.1) is 0 Å². The van der Waals surface area contributed by atoms with Crippen LogP contribution in [0.25, 0.3) is 0 Å². The summed E-state index contributed by atoms with van der Waals surface area (Å²) in [6.45, 7) is 8.50. The zero-order valence-electron chi connectivity index (χ0n) is 16.3. The topological polar surface area (TPSA) is 80.5 Å². The predicted octanol–water partition coefficient (Wildman–Crippen LogP) is 3.56. The highest BCUT2D eigenvalue weighted by Gasteiger charge is 2.28. The molecule has 1 aliphatic rings. The van der Waals surface area contributed by atoms with Crippen LogP contribution in [0.5, 0.6) is 5.75 Å². The summed E-state index contributed by atoms with van der Waals surface area (Å²) in [5, 5.41) is 6.89. The lowest BCUT2D eigenvalue weighted by molar-refractivity contribution is 0.171. The maximum absolute atomic E-state index is 12.6. The van der Waals surface area contributed by atoms with E-state index in [1.54, 1.807) is 6.92 Å². The Morgan fingerprint density at radius 2 is 2.26 bits per heavy atom. The summed E-state index contributed by atoms with van der Waals surface area (Å²) in [5.74, 6) is 2.25. The molecule has 1 aromatic heterocycles. The van der Waals surface area contributed by atoms with Crippen molar-refractivity contribution >= 4 is 6.03 Å². The Balaban J connectivity index is 1.54. The van der Waals surface area contributed by atoms with E-state index in [1.165, 1.54) is 0 Å². The number of ether oxygens (including phenoxy) is 1. The molecule has 2 heterocycles. The van der Waals surface area contributed by atoms with Gasteiger partial charge in [0.25, 0.3) is 0 Å². The molecule has 0 radical (unpaired) electrons. The molecule has 3 rings (SSSR count). The summed E-state index contributed by atoms with van der Waals surface area (Å²) >= 11 is 0. The van der Waals surface area contributed by atoms with Gasteiger partial charge in [0.1, 0.15) is 5.75 Å². The van der Waals surface area contributed by atoms with Crippen molar-refractivity contribution in [2.24, 2.45) is 0 Å². The third-order valence-corrected chi connectivity index (χ3v) is 4.82. The maximum Gasteiger partial charge on any atom is 0.317 e. The number of urea groups is 1. The molecule has 7 heteroatoms. The van der Waals surface area contributed by atoms with Crippen molar-refractivity contribution < 1.29 is 14.1 Å². The van der Waals surface area contributed by atoms with Crippen molar-refractivity contribution in [2.75, 3.05) is 19.7 Å². The van der Waals surface area contributed by atoms with Gasteiger partial charge >= 0.3 is 6.03 Å². The molecule has 27 heavy (non-hydrogen) atoms. The first-order chi connectivity index (χ1) is 13.1. The van der Waals surface area contributed by atoms with Crippen molar-refractivity contribution in [1.29, 1.82) is 0 Å². The van der Waals surface area contributed by atoms with E-state index < -0.39 is 0 Å². The fourth-order valence-corrected chi connectivity index (χ4v) is 3.30. The van der Waals surface area contributed by atoms with Gasteiger partial charge in [-0.25, -0.2) is 4.79 Å². The molecule has 0 unspecified atom stereocenters. The fourth-order valence-electron chi connectivity index (χ4n) is 3.30. The number of nitrogens with zero attached hydrogens (tertiary/aromatic N) is 3. The summed E-state index contributed by atoms with van der Waals surface area (Å²) in [6, 6.07) is 5.94. The molecule has 1 fully saturated rings. The molecule has 0 saturated carbocycles. The third kappa shape index (κ3) is 4.99. The number of nitrogens with one attached hydrogen (secondary N) is 1. The number of likely N-dealkylation sites (tertiary alicyclic amines) is 1. The Bertz CT molecular complexity index is 774. The van der Waals surface area contributed by atoms with Gasteiger partial charge in [0.05, 0.1) is 12.5 Å². The minimum atomic E-state index is -0.0540. The first-order valence-electron chi connectivity index (χ1n) is 9.62. The number of amides is 2. The summed E-state index contributed by atoms with van der Waals surface area (Å²) in [6.07, 6.45) is 2.88. The zero-order valence-corrected chi connectivity index (χ0v) is 16.3. The van der Waals surface area contributed by atoms with Crippen LogP contribution in [0, 0.1) is 13.8 Å². The minimum Gasteiger partial charge on any atom is -0.494 e. The highest BCUT2D eigenvalue weighted by Crippen LogP contribution is 2.25. The molecule has 7 nitrogen and oxygen atoms in total. The molecule has 2 aromatic rings. The Morgan fingerprint density at radius 1 is 1.41 bits per heavy atom. The second-order valence-corrected chi connectivity index (χ2v) is 7.06. The average Bonchev–Trinajstić information content (AvgIpc) is 3.12. The number of piperidine rings is 1. The predicted molar refractivity (Wildman–Crippen MR) is 102 cm³/mol. The Morgan fingerprint density at radius 3 is 2.96 bits per heavy atom. The van der Waals surface area contributed by atoms with Crippen LogP contribution >= 0.6 is 0 Å². The van der Waals surface area contributed by atoms with Gasteiger partial charge in [0, 0.05) is 19.6 Å². The summed E-state index contributed by atoms with van der Waals surface area (Å²) in [5.41, 5.74) is 2.20. The number of carbonyl (C=O) groups is 1. The molecule has 1 atom stereocenters.